The van der Waals surface area contributed by atoms with Crippen LogP contribution in [0.5, 0.6) is 5.75 Å². The molecule has 0 spiro atoms. The molecule has 0 bridgehead atoms. The van der Waals surface area contributed by atoms with Gasteiger partial charge in [0.25, 0.3) is 5.91 Å². The lowest BCUT2D eigenvalue weighted by Gasteiger charge is -2.35. The van der Waals surface area contributed by atoms with Crippen LogP contribution in [-0.2, 0) is 20.7 Å². The molecule has 24 heavy (non-hydrogen) atoms. The molecule has 7 heteroatoms. The fraction of sp³-hybridized carbons (Fsp3) is 0.529. The van der Waals surface area contributed by atoms with E-state index in [2.05, 4.69) is 0 Å². The summed E-state index contributed by atoms with van der Waals surface area (Å²) >= 11 is 0. The van der Waals surface area contributed by atoms with Gasteiger partial charge in [-0.1, -0.05) is 0 Å². The zero-order valence-corrected chi connectivity index (χ0v) is 13.2. The van der Waals surface area contributed by atoms with Crippen molar-refractivity contribution < 1.29 is 28.6 Å². The van der Waals surface area contributed by atoms with Gasteiger partial charge in [0.1, 0.15) is 11.6 Å². The van der Waals surface area contributed by atoms with Crippen molar-refractivity contribution >= 4 is 11.9 Å². The lowest BCUT2D eigenvalue weighted by molar-refractivity contribution is -0.144. The first kappa shape index (κ1) is 16.7. The Labute approximate surface area is 139 Å². The summed E-state index contributed by atoms with van der Waals surface area (Å²) in [7, 11) is 0. The van der Waals surface area contributed by atoms with Gasteiger partial charge < -0.3 is 19.5 Å². The number of nitrogens with zero attached hydrogens (tertiary/aromatic N) is 1. The molecule has 0 aliphatic carbocycles. The second kappa shape index (κ2) is 7.17. The van der Waals surface area contributed by atoms with Crippen LogP contribution in [0.25, 0.3) is 0 Å². The predicted octanol–water partition coefficient (Wildman–Crippen LogP) is 1.61. The van der Waals surface area contributed by atoms with Crippen molar-refractivity contribution in [3.05, 3.63) is 29.6 Å². The number of halogens is 1. The normalized spacial score (nSPS) is 20.3. The Hall–Kier alpha value is -2.15. The summed E-state index contributed by atoms with van der Waals surface area (Å²) < 4.78 is 24.3. The Bertz CT molecular complexity index is 629. The van der Waals surface area contributed by atoms with Crippen LogP contribution < -0.4 is 4.74 Å². The maximum absolute atomic E-state index is 13.3. The number of carboxylic acid groups (broad SMARTS) is 1. The average molecular weight is 337 g/mol. The number of rotatable bonds is 5. The van der Waals surface area contributed by atoms with Crippen LogP contribution in [0, 0.1) is 5.82 Å². The molecule has 1 amide bonds. The van der Waals surface area contributed by atoms with Crippen LogP contribution in [0.3, 0.4) is 0 Å². The Kier molecular flexibility index (Phi) is 4.99. The molecule has 3 rings (SSSR count). The quantitative estimate of drug-likeness (QED) is 0.883. The second-order valence-corrected chi connectivity index (χ2v) is 6.08. The first-order valence-electron chi connectivity index (χ1n) is 8.09. The Morgan fingerprint density at radius 1 is 1.29 bits per heavy atom. The first-order valence-corrected chi connectivity index (χ1v) is 8.09. The molecule has 1 fully saturated rings. The number of ether oxygens (including phenoxy) is 2. The number of carboxylic acids is 1. The summed E-state index contributed by atoms with van der Waals surface area (Å²) in [5.74, 6) is -1.03. The SMILES string of the molecule is O=C(O)CCN(C(=O)[C@@H]1Cc2cc(F)ccc2O1)C1CCOCC1. The monoisotopic (exact) mass is 337 g/mol. The van der Waals surface area contributed by atoms with Crippen molar-refractivity contribution in [2.45, 2.75) is 37.8 Å². The van der Waals surface area contributed by atoms with Gasteiger partial charge in [0.2, 0.25) is 0 Å². The predicted molar refractivity (Wildman–Crippen MR) is 82.3 cm³/mol. The van der Waals surface area contributed by atoms with E-state index in [9.17, 15) is 14.0 Å². The molecule has 2 aliphatic rings. The fourth-order valence-electron chi connectivity index (χ4n) is 3.23. The zero-order chi connectivity index (χ0) is 17.1. The third-order valence-corrected chi connectivity index (χ3v) is 4.45. The average Bonchev–Trinajstić information content (AvgIpc) is 2.98. The number of benzene rings is 1. The number of carbonyl (C=O) groups is 2. The number of fused-ring (bicyclic) bond motifs is 1. The lowest BCUT2D eigenvalue weighted by atomic mass is 10.0. The van der Waals surface area contributed by atoms with E-state index >= 15 is 0 Å². The van der Waals surface area contributed by atoms with Crippen molar-refractivity contribution in [1.82, 2.24) is 4.90 Å². The summed E-state index contributed by atoms with van der Waals surface area (Å²) in [4.78, 5) is 25.4. The highest BCUT2D eigenvalue weighted by Gasteiger charge is 2.36. The topological polar surface area (TPSA) is 76.1 Å². The molecule has 6 nitrogen and oxygen atoms in total. The third kappa shape index (κ3) is 3.67. The number of aliphatic carboxylic acids is 1. The van der Waals surface area contributed by atoms with Crippen LogP contribution in [0.2, 0.25) is 0 Å². The van der Waals surface area contributed by atoms with Gasteiger partial charge in [-0.15, -0.1) is 0 Å². The van der Waals surface area contributed by atoms with Crippen LogP contribution in [-0.4, -0.2) is 53.8 Å². The van der Waals surface area contributed by atoms with Gasteiger partial charge in [-0.25, -0.2) is 4.39 Å². The Balaban J connectivity index is 1.72. The standard InChI is InChI=1S/C17H20FNO5/c18-12-1-2-14-11(9-12)10-15(24-14)17(22)19(6-3-16(20)21)13-4-7-23-8-5-13/h1-2,9,13,15H,3-8,10H2,(H,20,21)/t15-/m0/s1. The van der Waals surface area contributed by atoms with Crippen LogP contribution in [0.15, 0.2) is 18.2 Å². The maximum Gasteiger partial charge on any atom is 0.305 e. The molecule has 1 saturated heterocycles. The number of carbonyl (C=O) groups excluding carboxylic acids is 1. The molecular weight excluding hydrogens is 317 g/mol. The highest BCUT2D eigenvalue weighted by molar-refractivity contribution is 5.83. The molecule has 0 aromatic heterocycles. The summed E-state index contributed by atoms with van der Waals surface area (Å²) in [6.45, 7) is 1.25. The van der Waals surface area contributed by atoms with E-state index in [1.165, 1.54) is 18.2 Å². The molecule has 1 atom stereocenters. The van der Waals surface area contributed by atoms with Crippen molar-refractivity contribution in [2.75, 3.05) is 19.8 Å². The molecule has 1 aromatic rings. The molecule has 0 unspecified atom stereocenters. The molecule has 130 valence electrons. The minimum Gasteiger partial charge on any atom is -0.481 e. The van der Waals surface area contributed by atoms with E-state index in [-0.39, 0.29) is 30.7 Å². The van der Waals surface area contributed by atoms with Gasteiger partial charge in [0.15, 0.2) is 6.10 Å². The van der Waals surface area contributed by atoms with Crippen LogP contribution in [0.1, 0.15) is 24.8 Å². The van der Waals surface area contributed by atoms with Gasteiger partial charge in [-0.05, 0) is 31.0 Å². The van der Waals surface area contributed by atoms with E-state index < -0.39 is 12.1 Å². The van der Waals surface area contributed by atoms with Crippen molar-refractivity contribution in [3.8, 4) is 5.75 Å². The number of amides is 1. The molecular formula is C17H20FNO5. The Morgan fingerprint density at radius 3 is 2.75 bits per heavy atom. The van der Waals surface area contributed by atoms with E-state index in [1.54, 1.807) is 4.90 Å². The van der Waals surface area contributed by atoms with Crippen molar-refractivity contribution in [2.24, 2.45) is 0 Å². The number of hydrogen-bond acceptors (Lipinski definition) is 4. The van der Waals surface area contributed by atoms with E-state index in [0.29, 0.717) is 43.8 Å². The fourth-order valence-corrected chi connectivity index (χ4v) is 3.23. The van der Waals surface area contributed by atoms with Crippen molar-refractivity contribution in [1.29, 1.82) is 0 Å². The summed E-state index contributed by atoms with van der Waals surface area (Å²) in [5, 5.41) is 8.94. The molecule has 2 aliphatic heterocycles. The zero-order valence-electron chi connectivity index (χ0n) is 13.2. The van der Waals surface area contributed by atoms with E-state index in [1.807, 2.05) is 0 Å². The maximum atomic E-state index is 13.3. The van der Waals surface area contributed by atoms with Crippen LogP contribution in [0.4, 0.5) is 4.39 Å². The minimum absolute atomic E-state index is 0.0466. The highest BCUT2D eigenvalue weighted by atomic mass is 19.1. The Morgan fingerprint density at radius 2 is 2.04 bits per heavy atom. The first-order chi connectivity index (χ1) is 11.5. The minimum atomic E-state index is -0.947. The molecule has 2 heterocycles. The lowest BCUT2D eigenvalue weighted by Crippen LogP contribution is -2.49. The number of hydrogen-bond donors (Lipinski definition) is 1. The molecule has 0 saturated carbocycles. The molecule has 0 radical (unpaired) electrons. The third-order valence-electron chi connectivity index (χ3n) is 4.45. The molecule has 1 aromatic carbocycles. The van der Waals surface area contributed by atoms with Gasteiger partial charge in [-0.2, -0.15) is 0 Å². The largest absolute Gasteiger partial charge is 0.481 e. The molecule has 1 N–H and O–H groups in total. The summed E-state index contributed by atoms with van der Waals surface area (Å²) in [6.07, 6.45) is 0.827. The van der Waals surface area contributed by atoms with Crippen LogP contribution >= 0.6 is 0 Å². The van der Waals surface area contributed by atoms with Gasteiger partial charge in [0.05, 0.1) is 6.42 Å². The van der Waals surface area contributed by atoms with Gasteiger partial charge in [0, 0.05) is 37.8 Å². The van der Waals surface area contributed by atoms with E-state index in [4.69, 9.17) is 14.6 Å². The smallest absolute Gasteiger partial charge is 0.305 e. The van der Waals surface area contributed by atoms with E-state index in [0.717, 1.165) is 0 Å². The second-order valence-electron chi connectivity index (χ2n) is 6.08. The summed E-state index contributed by atoms with van der Waals surface area (Å²) in [6, 6.07) is 4.15. The highest BCUT2D eigenvalue weighted by Crippen LogP contribution is 2.31. The van der Waals surface area contributed by atoms with Crippen molar-refractivity contribution in [3.63, 3.8) is 0 Å². The van der Waals surface area contributed by atoms with Gasteiger partial charge >= 0.3 is 5.97 Å². The summed E-state index contributed by atoms with van der Waals surface area (Å²) in [5.41, 5.74) is 0.665. The van der Waals surface area contributed by atoms with Gasteiger partial charge in [-0.3, -0.25) is 9.59 Å².